The Hall–Kier alpha value is -0.800. The van der Waals surface area contributed by atoms with Gasteiger partial charge in [-0.1, -0.05) is 0 Å². The largest absolute Gasteiger partial charge is 0.469 e. The second-order valence-corrected chi connectivity index (χ2v) is 5.69. The molecule has 0 bridgehead atoms. The third-order valence-electron chi connectivity index (χ3n) is 2.82. The van der Waals surface area contributed by atoms with Gasteiger partial charge in [-0.05, 0) is 40.1 Å². The van der Waals surface area contributed by atoms with E-state index in [2.05, 4.69) is 15.6 Å². The number of furan rings is 1. The molecule has 1 aromatic rings. The van der Waals surface area contributed by atoms with Crippen LogP contribution in [0.3, 0.4) is 0 Å². The molecular formula is C15H29IN4O2. The van der Waals surface area contributed by atoms with Crippen molar-refractivity contribution < 1.29 is 9.52 Å². The van der Waals surface area contributed by atoms with E-state index in [0.29, 0.717) is 19.0 Å². The predicted molar refractivity (Wildman–Crippen MR) is 101 cm³/mol. The maximum absolute atomic E-state index is 10.3. The van der Waals surface area contributed by atoms with Crippen molar-refractivity contribution in [3.8, 4) is 0 Å². The quantitative estimate of drug-likeness (QED) is 0.334. The van der Waals surface area contributed by atoms with Crippen molar-refractivity contribution in [2.24, 2.45) is 4.99 Å². The normalized spacial score (nSPS) is 14.4. The highest BCUT2D eigenvalue weighted by molar-refractivity contribution is 14.0. The van der Waals surface area contributed by atoms with Crippen LogP contribution in [-0.4, -0.2) is 61.8 Å². The zero-order valence-corrected chi connectivity index (χ0v) is 16.3. The van der Waals surface area contributed by atoms with E-state index in [1.54, 1.807) is 13.2 Å². The van der Waals surface area contributed by atoms with Crippen LogP contribution in [0.5, 0.6) is 0 Å². The van der Waals surface area contributed by atoms with E-state index in [1.807, 2.05) is 38.1 Å². The fourth-order valence-electron chi connectivity index (χ4n) is 2.08. The number of aliphatic hydroxyl groups is 1. The Morgan fingerprint density at radius 2 is 2.14 bits per heavy atom. The van der Waals surface area contributed by atoms with E-state index < -0.39 is 5.60 Å². The Morgan fingerprint density at radius 1 is 1.41 bits per heavy atom. The predicted octanol–water partition coefficient (Wildman–Crippen LogP) is 1.31. The molecule has 128 valence electrons. The third-order valence-corrected chi connectivity index (χ3v) is 2.82. The van der Waals surface area contributed by atoms with Crippen LogP contribution in [-0.2, 0) is 6.42 Å². The molecule has 0 aliphatic rings. The van der Waals surface area contributed by atoms with Gasteiger partial charge in [0.05, 0.1) is 18.4 Å². The molecule has 0 saturated carbocycles. The molecule has 1 heterocycles. The average molecular weight is 424 g/mol. The molecule has 1 atom stereocenters. The molecule has 0 radical (unpaired) electrons. The van der Waals surface area contributed by atoms with Gasteiger partial charge in [0.1, 0.15) is 5.76 Å². The van der Waals surface area contributed by atoms with Gasteiger partial charge in [-0.2, -0.15) is 0 Å². The van der Waals surface area contributed by atoms with Crippen molar-refractivity contribution in [3.05, 3.63) is 24.2 Å². The Labute approximate surface area is 150 Å². The molecule has 0 aliphatic heterocycles. The van der Waals surface area contributed by atoms with E-state index in [0.717, 1.165) is 25.3 Å². The minimum Gasteiger partial charge on any atom is -0.469 e. The van der Waals surface area contributed by atoms with Gasteiger partial charge in [-0.3, -0.25) is 4.99 Å². The highest BCUT2D eigenvalue weighted by Crippen LogP contribution is 2.05. The van der Waals surface area contributed by atoms with Crippen molar-refractivity contribution in [2.45, 2.75) is 25.9 Å². The lowest BCUT2D eigenvalue weighted by Gasteiger charge is -2.25. The summed E-state index contributed by atoms with van der Waals surface area (Å²) in [4.78, 5) is 6.40. The number of nitrogens with one attached hydrogen (secondary N) is 2. The number of halogens is 1. The van der Waals surface area contributed by atoms with Crippen LogP contribution in [0.15, 0.2) is 27.8 Å². The van der Waals surface area contributed by atoms with Crippen molar-refractivity contribution in [1.82, 2.24) is 15.5 Å². The lowest BCUT2D eigenvalue weighted by molar-refractivity contribution is 0.0423. The van der Waals surface area contributed by atoms with Gasteiger partial charge in [-0.25, -0.2) is 0 Å². The minimum atomic E-state index is -0.840. The smallest absolute Gasteiger partial charge is 0.191 e. The van der Waals surface area contributed by atoms with E-state index >= 15 is 0 Å². The van der Waals surface area contributed by atoms with Crippen molar-refractivity contribution in [2.75, 3.05) is 40.3 Å². The van der Waals surface area contributed by atoms with Crippen molar-refractivity contribution >= 4 is 29.9 Å². The van der Waals surface area contributed by atoms with Crippen LogP contribution in [0.4, 0.5) is 0 Å². The number of guanidine groups is 1. The van der Waals surface area contributed by atoms with Gasteiger partial charge in [0.25, 0.3) is 0 Å². The fourth-order valence-corrected chi connectivity index (χ4v) is 2.08. The van der Waals surface area contributed by atoms with Crippen molar-refractivity contribution in [1.29, 1.82) is 0 Å². The maximum atomic E-state index is 10.3. The third kappa shape index (κ3) is 9.26. The summed E-state index contributed by atoms with van der Waals surface area (Å²) >= 11 is 0. The first-order chi connectivity index (χ1) is 9.93. The van der Waals surface area contributed by atoms with E-state index in [1.165, 1.54) is 0 Å². The summed E-state index contributed by atoms with van der Waals surface area (Å²) in [5.74, 6) is 1.65. The van der Waals surface area contributed by atoms with Gasteiger partial charge in [-0.15, -0.1) is 24.0 Å². The summed E-state index contributed by atoms with van der Waals surface area (Å²) in [6.45, 7) is 6.24. The summed E-state index contributed by atoms with van der Waals surface area (Å²) in [6, 6.07) is 3.83. The Morgan fingerprint density at radius 3 is 2.68 bits per heavy atom. The van der Waals surface area contributed by atoms with E-state index in [-0.39, 0.29) is 24.0 Å². The lowest BCUT2D eigenvalue weighted by Crippen LogP contribution is -2.43. The summed E-state index contributed by atoms with van der Waals surface area (Å²) in [6.07, 6.45) is 2.47. The summed E-state index contributed by atoms with van der Waals surface area (Å²) in [5, 5.41) is 16.7. The fraction of sp³-hybridized carbons (Fsp3) is 0.667. The highest BCUT2D eigenvalue weighted by atomic mass is 127. The zero-order chi connectivity index (χ0) is 15.7. The SMILES string of the molecule is CCNC(=NCC(C)(O)CN(C)C)NCCc1ccco1.I. The summed E-state index contributed by atoms with van der Waals surface area (Å²) < 4.78 is 5.29. The Kier molecular flexibility index (Phi) is 10.5. The number of aliphatic imine (C=N–C) groups is 1. The van der Waals surface area contributed by atoms with Crippen LogP contribution in [0, 0.1) is 0 Å². The molecule has 1 rings (SSSR count). The first-order valence-corrected chi connectivity index (χ1v) is 7.34. The molecule has 22 heavy (non-hydrogen) atoms. The number of hydrogen-bond acceptors (Lipinski definition) is 4. The van der Waals surface area contributed by atoms with Crippen LogP contribution < -0.4 is 10.6 Å². The van der Waals surface area contributed by atoms with Crippen molar-refractivity contribution in [3.63, 3.8) is 0 Å². The molecule has 0 amide bonds. The first kappa shape index (κ1) is 21.2. The van der Waals surface area contributed by atoms with Crippen LogP contribution in [0.1, 0.15) is 19.6 Å². The summed E-state index contributed by atoms with van der Waals surface area (Å²) in [5.41, 5.74) is -0.840. The van der Waals surface area contributed by atoms with Crippen LogP contribution in [0.25, 0.3) is 0 Å². The van der Waals surface area contributed by atoms with Gasteiger partial charge in [0.2, 0.25) is 0 Å². The number of hydrogen-bond donors (Lipinski definition) is 3. The first-order valence-electron chi connectivity index (χ1n) is 7.34. The molecule has 0 aromatic carbocycles. The number of likely N-dealkylation sites (N-methyl/N-ethyl adjacent to an activating group) is 1. The molecule has 0 aliphatic carbocycles. The molecule has 3 N–H and O–H groups in total. The maximum Gasteiger partial charge on any atom is 0.191 e. The van der Waals surface area contributed by atoms with Crippen LogP contribution >= 0.6 is 24.0 Å². The summed E-state index contributed by atoms with van der Waals surface area (Å²) in [7, 11) is 3.87. The van der Waals surface area contributed by atoms with E-state index in [4.69, 9.17) is 4.42 Å². The Bertz CT molecular complexity index is 419. The second-order valence-electron chi connectivity index (χ2n) is 5.69. The lowest BCUT2D eigenvalue weighted by atomic mass is 10.1. The number of nitrogens with zero attached hydrogens (tertiary/aromatic N) is 2. The molecule has 6 nitrogen and oxygen atoms in total. The molecule has 0 saturated heterocycles. The van der Waals surface area contributed by atoms with Gasteiger partial charge in [0.15, 0.2) is 5.96 Å². The molecule has 1 unspecified atom stereocenters. The van der Waals surface area contributed by atoms with Gasteiger partial charge >= 0.3 is 0 Å². The molecule has 7 heteroatoms. The molecule has 1 aromatic heterocycles. The van der Waals surface area contributed by atoms with E-state index in [9.17, 15) is 5.11 Å². The second kappa shape index (κ2) is 10.8. The number of rotatable bonds is 8. The molecule has 0 fully saturated rings. The molecule has 0 spiro atoms. The van der Waals surface area contributed by atoms with Crippen LogP contribution in [0.2, 0.25) is 0 Å². The monoisotopic (exact) mass is 424 g/mol. The topological polar surface area (TPSA) is 73.0 Å². The minimum absolute atomic E-state index is 0. The van der Waals surface area contributed by atoms with Gasteiger partial charge in [0, 0.05) is 26.1 Å². The standard InChI is InChI=1S/C15H28N4O2.HI/c1-5-16-14(17-9-8-13-7-6-10-21-13)18-11-15(2,20)12-19(3)4;/h6-7,10,20H,5,8-9,11-12H2,1-4H3,(H2,16,17,18);1H. The molecular weight excluding hydrogens is 395 g/mol. The zero-order valence-electron chi connectivity index (χ0n) is 13.9. The average Bonchev–Trinajstić information content (AvgIpc) is 2.87. The Balaban J connectivity index is 0.00000441. The van der Waals surface area contributed by atoms with Gasteiger partial charge < -0.3 is 25.1 Å². The highest BCUT2D eigenvalue weighted by Gasteiger charge is 2.20.